The number of nitriles is 1. The van der Waals surface area contributed by atoms with Crippen molar-refractivity contribution in [2.45, 2.75) is 12.5 Å². The smallest absolute Gasteiger partial charge is 0.208 e. The Morgan fingerprint density at radius 3 is 2.76 bits per heavy atom. The maximum absolute atomic E-state index is 14.1. The summed E-state index contributed by atoms with van der Waals surface area (Å²) in [4.78, 5) is 10.3. The molecule has 0 bridgehead atoms. The number of carbonyl (C=O) groups excluding carboxylic acids is 1. The Bertz CT molecular complexity index is 684. The molecule has 2 rings (SSSR count). The van der Waals surface area contributed by atoms with Gasteiger partial charge in [-0.2, -0.15) is 5.26 Å². The van der Waals surface area contributed by atoms with Gasteiger partial charge in [-0.3, -0.25) is 4.79 Å². The van der Waals surface area contributed by atoms with Crippen molar-refractivity contribution >= 4 is 18.0 Å². The van der Waals surface area contributed by atoms with Crippen LogP contribution in [0.25, 0.3) is 11.3 Å². The molecule has 5 nitrogen and oxygen atoms in total. The average Bonchev–Trinajstić information content (AvgIpc) is 2.49. The first-order valence-electron chi connectivity index (χ1n) is 6.01. The standard InChI is InChI=1S/C14H10ClFN4O/c15-14-4-3-13(19-20-14)10-2-1-9(12(16)6-10)5-11(7-17)18-8-21/h1-4,6,8,11H,5H2,(H,18,21). The molecule has 0 fully saturated rings. The van der Waals surface area contributed by atoms with Crippen molar-refractivity contribution in [3.63, 3.8) is 0 Å². The summed E-state index contributed by atoms with van der Waals surface area (Å²) in [5.74, 6) is -0.475. The lowest BCUT2D eigenvalue weighted by atomic mass is 10.0. The van der Waals surface area contributed by atoms with Gasteiger partial charge in [-0.15, -0.1) is 10.2 Å². The number of carbonyl (C=O) groups is 1. The van der Waals surface area contributed by atoms with E-state index in [1.807, 2.05) is 6.07 Å². The number of amides is 1. The van der Waals surface area contributed by atoms with Gasteiger partial charge in [0.25, 0.3) is 0 Å². The van der Waals surface area contributed by atoms with E-state index in [0.29, 0.717) is 23.2 Å². The summed E-state index contributed by atoms with van der Waals surface area (Å²) in [6, 6.07) is 8.85. The summed E-state index contributed by atoms with van der Waals surface area (Å²) in [7, 11) is 0. The molecule has 2 aromatic rings. The Morgan fingerprint density at radius 1 is 1.38 bits per heavy atom. The van der Waals surface area contributed by atoms with Gasteiger partial charge in [-0.1, -0.05) is 23.7 Å². The van der Waals surface area contributed by atoms with Crippen molar-refractivity contribution in [3.05, 3.63) is 46.9 Å². The van der Waals surface area contributed by atoms with Crippen LogP contribution >= 0.6 is 11.6 Å². The molecule has 1 N–H and O–H groups in total. The van der Waals surface area contributed by atoms with Crippen LogP contribution in [0.5, 0.6) is 0 Å². The normalized spacial score (nSPS) is 11.5. The molecule has 1 atom stereocenters. The van der Waals surface area contributed by atoms with Crippen LogP contribution in [0.1, 0.15) is 5.56 Å². The van der Waals surface area contributed by atoms with E-state index in [4.69, 9.17) is 16.9 Å². The number of benzene rings is 1. The van der Waals surface area contributed by atoms with Gasteiger partial charge in [-0.25, -0.2) is 4.39 Å². The molecule has 7 heteroatoms. The molecule has 1 heterocycles. The van der Waals surface area contributed by atoms with Crippen LogP contribution in [-0.2, 0) is 11.2 Å². The summed E-state index contributed by atoms with van der Waals surface area (Å²) in [6.07, 6.45) is 0.511. The molecule has 0 aliphatic heterocycles. The SMILES string of the molecule is N#CC(Cc1ccc(-c2ccc(Cl)nn2)cc1F)NC=O. The molecule has 106 valence electrons. The third-order valence-corrected chi connectivity index (χ3v) is 3.03. The first kappa shape index (κ1) is 14.9. The number of hydrogen-bond donors (Lipinski definition) is 1. The van der Waals surface area contributed by atoms with E-state index in [0.717, 1.165) is 0 Å². The minimum absolute atomic E-state index is 0.0909. The lowest BCUT2D eigenvalue weighted by Crippen LogP contribution is -2.28. The van der Waals surface area contributed by atoms with Crippen molar-refractivity contribution in [1.29, 1.82) is 5.26 Å². The lowest BCUT2D eigenvalue weighted by Gasteiger charge is -2.09. The maximum Gasteiger partial charge on any atom is 0.208 e. The summed E-state index contributed by atoms with van der Waals surface area (Å²) in [5.41, 5.74) is 1.38. The van der Waals surface area contributed by atoms with E-state index >= 15 is 0 Å². The highest BCUT2D eigenvalue weighted by molar-refractivity contribution is 6.29. The number of nitrogens with one attached hydrogen (secondary N) is 1. The Balaban J connectivity index is 2.23. The minimum atomic E-state index is -0.766. The van der Waals surface area contributed by atoms with E-state index in [2.05, 4.69) is 15.5 Å². The summed E-state index contributed by atoms with van der Waals surface area (Å²) < 4.78 is 14.1. The van der Waals surface area contributed by atoms with Crippen LogP contribution in [0, 0.1) is 17.1 Å². The highest BCUT2D eigenvalue weighted by atomic mass is 35.5. The van der Waals surface area contributed by atoms with Gasteiger partial charge in [-0.05, 0) is 23.8 Å². The van der Waals surface area contributed by atoms with Crippen LogP contribution in [0.4, 0.5) is 4.39 Å². The molecule has 0 aliphatic rings. The fourth-order valence-electron chi connectivity index (χ4n) is 1.79. The highest BCUT2D eigenvalue weighted by Crippen LogP contribution is 2.21. The zero-order valence-corrected chi connectivity index (χ0v) is 11.5. The van der Waals surface area contributed by atoms with Gasteiger partial charge in [0.05, 0.1) is 11.8 Å². The molecular weight excluding hydrogens is 295 g/mol. The average molecular weight is 305 g/mol. The van der Waals surface area contributed by atoms with Gasteiger partial charge >= 0.3 is 0 Å². The maximum atomic E-state index is 14.1. The molecule has 0 saturated heterocycles. The molecule has 0 saturated carbocycles. The monoisotopic (exact) mass is 304 g/mol. The molecule has 1 aromatic carbocycles. The second-order valence-electron chi connectivity index (χ2n) is 4.22. The number of nitrogens with zero attached hydrogens (tertiary/aromatic N) is 3. The van der Waals surface area contributed by atoms with Crippen molar-refractivity contribution in [2.24, 2.45) is 0 Å². The number of hydrogen-bond acceptors (Lipinski definition) is 4. The summed E-state index contributed by atoms with van der Waals surface area (Å²) in [6.45, 7) is 0. The minimum Gasteiger partial charge on any atom is -0.343 e. The third kappa shape index (κ3) is 3.74. The van der Waals surface area contributed by atoms with E-state index in [1.165, 1.54) is 6.07 Å². The number of halogens is 2. The van der Waals surface area contributed by atoms with Crippen LogP contribution in [0.3, 0.4) is 0 Å². The number of rotatable bonds is 5. The predicted molar refractivity (Wildman–Crippen MR) is 74.7 cm³/mol. The van der Waals surface area contributed by atoms with E-state index in [9.17, 15) is 9.18 Å². The number of aromatic nitrogens is 2. The topological polar surface area (TPSA) is 78.7 Å². The molecular formula is C14H10ClFN4O. The zero-order chi connectivity index (χ0) is 15.2. The van der Waals surface area contributed by atoms with Gasteiger partial charge < -0.3 is 5.32 Å². The van der Waals surface area contributed by atoms with E-state index in [-0.39, 0.29) is 11.6 Å². The summed E-state index contributed by atoms with van der Waals surface area (Å²) >= 11 is 5.64. The molecule has 21 heavy (non-hydrogen) atoms. The molecule has 0 radical (unpaired) electrons. The fraction of sp³-hybridized carbons (Fsp3) is 0.143. The second kappa shape index (κ2) is 6.77. The Hall–Kier alpha value is -2.52. The van der Waals surface area contributed by atoms with Crippen molar-refractivity contribution in [1.82, 2.24) is 15.5 Å². The Labute approximate surface area is 125 Å². The fourth-order valence-corrected chi connectivity index (χ4v) is 1.89. The highest BCUT2D eigenvalue weighted by Gasteiger charge is 2.12. The van der Waals surface area contributed by atoms with Gasteiger partial charge in [0.2, 0.25) is 6.41 Å². The van der Waals surface area contributed by atoms with Gasteiger partial charge in [0.15, 0.2) is 5.15 Å². The Kier molecular flexibility index (Phi) is 4.80. The molecule has 0 spiro atoms. The second-order valence-corrected chi connectivity index (χ2v) is 4.61. The van der Waals surface area contributed by atoms with Crippen LogP contribution < -0.4 is 5.32 Å². The van der Waals surface area contributed by atoms with Gasteiger partial charge in [0.1, 0.15) is 11.9 Å². The largest absolute Gasteiger partial charge is 0.343 e. The van der Waals surface area contributed by atoms with Crippen molar-refractivity contribution in [2.75, 3.05) is 0 Å². The third-order valence-electron chi connectivity index (χ3n) is 2.83. The molecule has 0 aliphatic carbocycles. The van der Waals surface area contributed by atoms with E-state index in [1.54, 1.807) is 24.3 Å². The quantitative estimate of drug-likeness (QED) is 0.858. The zero-order valence-electron chi connectivity index (χ0n) is 10.8. The van der Waals surface area contributed by atoms with Crippen LogP contribution in [-0.4, -0.2) is 22.6 Å². The Morgan fingerprint density at radius 2 is 2.19 bits per heavy atom. The van der Waals surface area contributed by atoms with Crippen LogP contribution in [0.15, 0.2) is 30.3 Å². The first-order valence-corrected chi connectivity index (χ1v) is 6.39. The summed E-state index contributed by atoms with van der Waals surface area (Å²) in [5, 5.41) is 19.0. The van der Waals surface area contributed by atoms with E-state index < -0.39 is 11.9 Å². The predicted octanol–water partition coefficient (Wildman–Crippen LogP) is 2.12. The van der Waals surface area contributed by atoms with Gasteiger partial charge in [0, 0.05) is 12.0 Å². The molecule has 1 amide bonds. The molecule has 1 unspecified atom stereocenters. The van der Waals surface area contributed by atoms with Crippen molar-refractivity contribution in [3.8, 4) is 17.3 Å². The van der Waals surface area contributed by atoms with Crippen LogP contribution in [0.2, 0.25) is 5.15 Å². The first-order chi connectivity index (χ1) is 10.1. The van der Waals surface area contributed by atoms with Crippen molar-refractivity contribution < 1.29 is 9.18 Å². The molecule has 1 aromatic heterocycles. The lowest BCUT2D eigenvalue weighted by molar-refractivity contribution is -0.109.